The van der Waals surface area contributed by atoms with E-state index in [4.69, 9.17) is 9.47 Å². The molecule has 1 aromatic carbocycles. The Labute approximate surface area is 116 Å². The molecule has 0 aliphatic carbocycles. The van der Waals surface area contributed by atoms with Crippen molar-refractivity contribution in [2.45, 2.75) is 17.1 Å². The Hall–Kier alpha value is -1.35. The van der Waals surface area contributed by atoms with Crippen LogP contribution in [0.15, 0.2) is 23.1 Å². The molecule has 0 saturated carbocycles. The summed E-state index contributed by atoms with van der Waals surface area (Å²) in [6.45, 7) is 0.580. The summed E-state index contributed by atoms with van der Waals surface area (Å²) in [5.74, 6) is 0.898. The largest absolute Gasteiger partial charge is 0.486 e. The van der Waals surface area contributed by atoms with E-state index in [0.29, 0.717) is 24.7 Å². The number of aliphatic hydroxyl groups excluding tert-OH is 2. The predicted molar refractivity (Wildman–Crippen MR) is 68.2 cm³/mol. The van der Waals surface area contributed by atoms with E-state index >= 15 is 0 Å². The molecule has 8 heteroatoms. The minimum atomic E-state index is -3.76. The number of ether oxygens (including phenoxy) is 2. The fourth-order valence-electron chi connectivity index (χ4n) is 2.26. The lowest BCUT2D eigenvalue weighted by molar-refractivity contribution is 0.0572. The molecule has 2 heterocycles. The van der Waals surface area contributed by atoms with Gasteiger partial charge in [-0.05, 0) is 12.1 Å². The topological polar surface area (TPSA) is 96.3 Å². The van der Waals surface area contributed by atoms with Crippen LogP contribution in [0.3, 0.4) is 0 Å². The predicted octanol–water partition coefficient (Wildman–Crippen LogP) is -0.816. The number of rotatable bonds is 2. The molecule has 1 saturated heterocycles. The Morgan fingerprint density at radius 1 is 1.05 bits per heavy atom. The quantitative estimate of drug-likeness (QED) is 0.741. The summed E-state index contributed by atoms with van der Waals surface area (Å²) in [4.78, 5) is 0.0584. The van der Waals surface area contributed by atoms with Crippen LogP contribution >= 0.6 is 0 Å². The van der Waals surface area contributed by atoms with Crippen LogP contribution in [-0.4, -0.2) is 61.4 Å². The molecule has 1 fully saturated rings. The van der Waals surface area contributed by atoms with Crippen molar-refractivity contribution in [1.82, 2.24) is 4.31 Å². The highest BCUT2D eigenvalue weighted by Gasteiger charge is 2.37. The van der Waals surface area contributed by atoms with Gasteiger partial charge in [-0.15, -0.1) is 0 Å². The number of benzene rings is 1. The van der Waals surface area contributed by atoms with Crippen molar-refractivity contribution in [2.24, 2.45) is 0 Å². The Morgan fingerprint density at radius 2 is 1.65 bits per heavy atom. The maximum absolute atomic E-state index is 12.4. The zero-order valence-corrected chi connectivity index (χ0v) is 11.4. The molecule has 110 valence electrons. The van der Waals surface area contributed by atoms with Gasteiger partial charge in [-0.1, -0.05) is 0 Å². The van der Waals surface area contributed by atoms with Crippen LogP contribution in [0.5, 0.6) is 11.5 Å². The van der Waals surface area contributed by atoms with Gasteiger partial charge >= 0.3 is 0 Å². The zero-order chi connectivity index (χ0) is 14.3. The Morgan fingerprint density at radius 3 is 2.30 bits per heavy atom. The highest BCUT2D eigenvalue weighted by atomic mass is 32.2. The van der Waals surface area contributed by atoms with E-state index in [0.717, 1.165) is 4.31 Å². The first-order valence-electron chi connectivity index (χ1n) is 6.24. The van der Waals surface area contributed by atoms with E-state index in [1.54, 1.807) is 6.07 Å². The number of hydrogen-bond acceptors (Lipinski definition) is 6. The van der Waals surface area contributed by atoms with Gasteiger partial charge in [-0.3, -0.25) is 0 Å². The minimum absolute atomic E-state index is 0.0584. The van der Waals surface area contributed by atoms with Gasteiger partial charge in [-0.2, -0.15) is 4.31 Å². The van der Waals surface area contributed by atoms with Gasteiger partial charge in [0.15, 0.2) is 11.5 Å². The molecule has 0 bridgehead atoms. The van der Waals surface area contributed by atoms with E-state index in [2.05, 4.69) is 0 Å². The summed E-state index contributed by atoms with van der Waals surface area (Å²) in [7, 11) is -3.76. The Balaban J connectivity index is 1.92. The monoisotopic (exact) mass is 301 g/mol. The van der Waals surface area contributed by atoms with Crippen LogP contribution in [0.4, 0.5) is 0 Å². The summed E-state index contributed by atoms with van der Waals surface area (Å²) in [5, 5.41) is 18.9. The number of β-amino-alcohol motifs (C(OH)–C–C–N with tert-alkyl or cyclic N) is 2. The lowest BCUT2D eigenvalue weighted by atomic mass is 10.3. The molecule has 1 aromatic rings. The molecule has 0 aromatic heterocycles. The van der Waals surface area contributed by atoms with Crippen molar-refractivity contribution in [3.05, 3.63) is 18.2 Å². The minimum Gasteiger partial charge on any atom is -0.486 e. The van der Waals surface area contributed by atoms with Crippen LogP contribution in [0.2, 0.25) is 0 Å². The summed E-state index contributed by atoms with van der Waals surface area (Å²) in [6.07, 6.45) is -2.11. The number of hydrogen-bond donors (Lipinski definition) is 2. The molecule has 2 unspecified atom stereocenters. The molecule has 3 rings (SSSR count). The van der Waals surface area contributed by atoms with E-state index < -0.39 is 22.2 Å². The van der Waals surface area contributed by atoms with Gasteiger partial charge in [0.2, 0.25) is 10.0 Å². The van der Waals surface area contributed by atoms with E-state index in [1.165, 1.54) is 12.1 Å². The normalized spacial score (nSPS) is 26.7. The maximum atomic E-state index is 12.4. The fourth-order valence-corrected chi connectivity index (χ4v) is 3.76. The van der Waals surface area contributed by atoms with Crippen molar-refractivity contribution in [2.75, 3.05) is 26.3 Å². The molecule has 20 heavy (non-hydrogen) atoms. The average Bonchev–Trinajstić information content (AvgIpc) is 2.79. The molecule has 2 aliphatic rings. The Bertz CT molecular complexity index is 606. The number of sulfonamides is 1. The first-order valence-corrected chi connectivity index (χ1v) is 7.68. The first-order chi connectivity index (χ1) is 9.48. The van der Waals surface area contributed by atoms with Crippen LogP contribution in [0.25, 0.3) is 0 Å². The van der Waals surface area contributed by atoms with Crippen LogP contribution in [0, 0.1) is 0 Å². The van der Waals surface area contributed by atoms with Crippen LogP contribution in [0.1, 0.15) is 0 Å². The standard InChI is InChI=1S/C12H15NO6S/c14-9-6-13(7-10(9)15)20(16,17)8-1-2-11-12(5-8)19-4-3-18-11/h1-2,5,9-10,14-15H,3-4,6-7H2. The molecule has 0 radical (unpaired) electrons. The number of fused-ring (bicyclic) bond motifs is 1. The summed E-state index contributed by atoms with van der Waals surface area (Å²) in [5.41, 5.74) is 0. The first kappa shape index (κ1) is 13.6. The molecule has 0 amide bonds. The molecule has 0 spiro atoms. The van der Waals surface area contributed by atoms with Gasteiger partial charge in [0.1, 0.15) is 13.2 Å². The lowest BCUT2D eigenvalue weighted by Crippen LogP contribution is -2.30. The summed E-state index contributed by atoms with van der Waals surface area (Å²) in [6, 6.07) is 4.38. The van der Waals surface area contributed by atoms with Gasteiger partial charge < -0.3 is 19.7 Å². The molecule has 7 nitrogen and oxygen atoms in total. The van der Waals surface area contributed by atoms with Crippen molar-refractivity contribution >= 4 is 10.0 Å². The third kappa shape index (κ3) is 2.24. The van der Waals surface area contributed by atoms with Gasteiger partial charge in [0.05, 0.1) is 17.1 Å². The second-order valence-corrected chi connectivity index (χ2v) is 6.70. The van der Waals surface area contributed by atoms with Crippen molar-refractivity contribution < 1.29 is 28.1 Å². The van der Waals surface area contributed by atoms with Gasteiger partial charge in [0.25, 0.3) is 0 Å². The Kier molecular flexibility index (Phi) is 3.33. The average molecular weight is 301 g/mol. The van der Waals surface area contributed by atoms with E-state index in [9.17, 15) is 18.6 Å². The summed E-state index contributed by atoms with van der Waals surface area (Å²) < 4.78 is 36.6. The van der Waals surface area contributed by atoms with E-state index in [-0.39, 0.29) is 18.0 Å². The third-order valence-electron chi connectivity index (χ3n) is 3.38. The van der Waals surface area contributed by atoms with Crippen LogP contribution in [-0.2, 0) is 10.0 Å². The van der Waals surface area contributed by atoms with Gasteiger partial charge in [0, 0.05) is 19.2 Å². The summed E-state index contributed by atoms with van der Waals surface area (Å²) >= 11 is 0. The maximum Gasteiger partial charge on any atom is 0.243 e. The number of aliphatic hydroxyl groups is 2. The van der Waals surface area contributed by atoms with Crippen LogP contribution < -0.4 is 9.47 Å². The smallest absolute Gasteiger partial charge is 0.243 e. The SMILES string of the molecule is O=S(=O)(c1ccc2c(c1)OCCO2)N1CC(O)C(O)C1. The molecule has 2 N–H and O–H groups in total. The molecule has 2 aliphatic heterocycles. The second kappa shape index (κ2) is 4.88. The highest BCUT2D eigenvalue weighted by molar-refractivity contribution is 7.89. The zero-order valence-electron chi connectivity index (χ0n) is 10.6. The molecule has 2 atom stereocenters. The number of nitrogens with zero attached hydrogens (tertiary/aromatic N) is 1. The van der Waals surface area contributed by atoms with Crippen molar-refractivity contribution in [1.29, 1.82) is 0 Å². The van der Waals surface area contributed by atoms with Gasteiger partial charge in [-0.25, -0.2) is 8.42 Å². The van der Waals surface area contributed by atoms with Crippen molar-refractivity contribution in [3.63, 3.8) is 0 Å². The lowest BCUT2D eigenvalue weighted by Gasteiger charge is -2.20. The highest BCUT2D eigenvalue weighted by Crippen LogP contribution is 2.33. The van der Waals surface area contributed by atoms with Crippen molar-refractivity contribution in [3.8, 4) is 11.5 Å². The fraction of sp³-hybridized carbons (Fsp3) is 0.500. The molecular formula is C12H15NO6S. The third-order valence-corrected chi connectivity index (χ3v) is 5.20. The molecular weight excluding hydrogens is 286 g/mol. The second-order valence-electron chi connectivity index (χ2n) is 4.76. The van der Waals surface area contributed by atoms with E-state index in [1.807, 2.05) is 0 Å².